The van der Waals surface area contributed by atoms with Gasteiger partial charge >= 0.3 is 5.97 Å². The van der Waals surface area contributed by atoms with Crippen LogP contribution in [-0.2, 0) is 34.8 Å². The van der Waals surface area contributed by atoms with E-state index in [1.807, 2.05) is 20.2 Å². The zero-order valence-electron chi connectivity index (χ0n) is 19.6. The summed E-state index contributed by atoms with van der Waals surface area (Å²) in [4.78, 5) is 32.7. The third-order valence-corrected chi connectivity index (χ3v) is 7.11. The van der Waals surface area contributed by atoms with Gasteiger partial charge in [-0.3, -0.25) is 9.59 Å². The van der Waals surface area contributed by atoms with E-state index in [4.69, 9.17) is 26.1 Å². The summed E-state index contributed by atoms with van der Waals surface area (Å²) in [6, 6.07) is 5.46. The third kappa shape index (κ3) is 3.40. The molecule has 0 spiro atoms. The minimum Gasteiger partial charge on any atom is -0.495 e. The number of methoxy groups -OCH3 is 1. The highest BCUT2D eigenvalue weighted by atomic mass is 35.5. The molecule has 9 heteroatoms. The number of carbonyl (C=O) groups is 1. The number of benzene rings is 1. The Bertz CT molecular complexity index is 1410. The van der Waals surface area contributed by atoms with Crippen molar-refractivity contribution in [2.24, 2.45) is 0 Å². The average Bonchev–Trinajstić information content (AvgIpc) is 3.09. The van der Waals surface area contributed by atoms with Gasteiger partial charge in [0.25, 0.3) is 5.56 Å². The second kappa shape index (κ2) is 8.08. The Morgan fingerprint density at radius 1 is 1.26 bits per heavy atom. The molecule has 0 saturated heterocycles. The van der Waals surface area contributed by atoms with Crippen LogP contribution in [-0.4, -0.2) is 46.7 Å². The van der Waals surface area contributed by atoms with E-state index in [9.17, 15) is 14.7 Å². The first-order chi connectivity index (χ1) is 16.2. The van der Waals surface area contributed by atoms with Crippen molar-refractivity contribution >= 4 is 28.5 Å². The molecule has 2 aliphatic heterocycles. The monoisotopic (exact) mass is 483 g/mol. The predicted octanol–water partition coefficient (Wildman–Crippen LogP) is 3.19. The van der Waals surface area contributed by atoms with E-state index in [0.717, 1.165) is 16.5 Å². The summed E-state index contributed by atoms with van der Waals surface area (Å²) in [7, 11) is 5.54. The first-order valence-corrected chi connectivity index (χ1v) is 11.5. The summed E-state index contributed by atoms with van der Waals surface area (Å²) in [5.74, 6) is 0.0385. The molecule has 2 aromatic heterocycles. The normalized spacial score (nSPS) is 19.0. The molecule has 1 atom stereocenters. The maximum Gasteiger partial charge on any atom is 0.309 e. The van der Waals surface area contributed by atoms with Gasteiger partial charge in [0.1, 0.15) is 18.0 Å². The molecule has 0 aliphatic carbocycles. The van der Waals surface area contributed by atoms with Crippen LogP contribution in [0.4, 0.5) is 0 Å². The number of esters is 1. The lowest BCUT2D eigenvalue weighted by molar-refractivity contribution is -0.149. The Morgan fingerprint density at radius 2 is 2.03 bits per heavy atom. The molecule has 0 amide bonds. The van der Waals surface area contributed by atoms with Gasteiger partial charge < -0.3 is 24.0 Å². The molecule has 178 valence electrons. The van der Waals surface area contributed by atoms with Gasteiger partial charge in [0.05, 0.1) is 47.6 Å². The fraction of sp³-hybridized carbons (Fsp3) is 0.400. The number of pyridine rings is 2. The number of rotatable bonds is 4. The van der Waals surface area contributed by atoms with Crippen molar-refractivity contribution in [2.75, 3.05) is 21.2 Å². The van der Waals surface area contributed by atoms with E-state index in [0.29, 0.717) is 51.9 Å². The Morgan fingerprint density at radius 3 is 2.71 bits per heavy atom. The molecule has 0 saturated carbocycles. The second-order valence-electron chi connectivity index (χ2n) is 9.19. The summed E-state index contributed by atoms with van der Waals surface area (Å²) >= 11 is 6.41. The SMILES string of the molecule is CCC1(O)CC(=O)OCc2c1cc1n(c2=O)Cc2c-1nc1cc(Cl)c(OC)cc1c2CN(C)C. The molecule has 1 N–H and O–H groups in total. The Balaban J connectivity index is 1.81. The highest BCUT2D eigenvalue weighted by Gasteiger charge is 2.39. The van der Waals surface area contributed by atoms with Gasteiger partial charge in [-0.2, -0.15) is 0 Å². The lowest BCUT2D eigenvalue weighted by Crippen LogP contribution is -2.32. The van der Waals surface area contributed by atoms with Crippen LogP contribution in [0.25, 0.3) is 22.3 Å². The molecule has 0 fully saturated rings. The molecule has 0 radical (unpaired) electrons. The number of fused-ring (bicyclic) bond motifs is 5. The molecule has 3 aromatic rings. The van der Waals surface area contributed by atoms with E-state index in [2.05, 4.69) is 4.90 Å². The third-order valence-electron chi connectivity index (χ3n) is 6.81. The van der Waals surface area contributed by atoms with Crippen molar-refractivity contribution in [1.29, 1.82) is 0 Å². The number of halogens is 1. The molecule has 4 heterocycles. The van der Waals surface area contributed by atoms with Crippen LogP contribution in [0, 0.1) is 0 Å². The summed E-state index contributed by atoms with van der Waals surface area (Å²) in [5, 5.41) is 12.7. The van der Waals surface area contributed by atoms with E-state index < -0.39 is 11.6 Å². The van der Waals surface area contributed by atoms with Crippen LogP contribution in [0.3, 0.4) is 0 Å². The van der Waals surface area contributed by atoms with E-state index in [-0.39, 0.29) is 25.0 Å². The van der Waals surface area contributed by atoms with Gasteiger partial charge in [-0.1, -0.05) is 18.5 Å². The molecule has 0 bridgehead atoms. The van der Waals surface area contributed by atoms with E-state index in [1.54, 1.807) is 30.7 Å². The first-order valence-electron chi connectivity index (χ1n) is 11.2. The van der Waals surface area contributed by atoms with Crippen LogP contribution < -0.4 is 10.3 Å². The molecular weight excluding hydrogens is 458 g/mol. The molecule has 2 aliphatic rings. The van der Waals surface area contributed by atoms with Gasteiger partial charge in [-0.05, 0) is 49.8 Å². The van der Waals surface area contributed by atoms with Crippen molar-refractivity contribution in [3.63, 3.8) is 0 Å². The minimum absolute atomic E-state index is 0.154. The van der Waals surface area contributed by atoms with Crippen LogP contribution in [0.5, 0.6) is 5.75 Å². The number of hydrogen-bond donors (Lipinski definition) is 1. The fourth-order valence-electron chi connectivity index (χ4n) is 5.01. The molecule has 5 rings (SSSR count). The number of nitrogens with zero attached hydrogens (tertiary/aromatic N) is 3. The van der Waals surface area contributed by atoms with Crippen molar-refractivity contribution in [3.05, 3.63) is 55.8 Å². The van der Waals surface area contributed by atoms with E-state index >= 15 is 0 Å². The van der Waals surface area contributed by atoms with Crippen molar-refractivity contribution in [2.45, 2.75) is 45.1 Å². The highest BCUT2D eigenvalue weighted by Crippen LogP contribution is 2.42. The van der Waals surface area contributed by atoms with Gasteiger partial charge in [0.15, 0.2) is 0 Å². The van der Waals surface area contributed by atoms with E-state index in [1.165, 1.54) is 0 Å². The molecular formula is C25H26ClN3O5. The van der Waals surface area contributed by atoms with Crippen LogP contribution >= 0.6 is 11.6 Å². The van der Waals surface area contributed by atoms with Gasteiger partial charge in [-0.25, -0.2) is 4.98 Å². The van der Waals surface area contributed by atoms with Crippen LogP contribution in [0.15, 0.2) is 23.0 Å². The smallest absolute Gasteiger partial charge is 0.309 e. The second-order valence-corrected chi connectivity index (χ2v) is 9.60. The summed E-state index contributed by atoms with van der Waals surface area (Å²) < 4.78 is 12.4. The van der Waals surface area contributed by atoms with Gasteiger partial charge in [0.2, 0.25) is 0 Å². The topological polar surface area (TPSA) is 93.9 Å². The maximum atomic E-state index is 13.6. The Labute approximate surface area is 201 Å². The minimum atomic E-state index is -1.47. The maximum absolute atomic E-state index is 13.6. The van der Waals surface area contributed by atoms with Crippen LogP contribution in [0.1, 0.15) is 42.0 Å². The van der Waals surface area contributed by atoms with Crippen molar-refractivity contribution in [1.82, 2.24) is 14.5 Å². The largest absolute Gasteiger partial charge is 0.495 e. The lowest BCUT2D eigenvalue weighted by Gasteiger charge is -2.26. The standard InChI is InChI=1S/C25H26ClN3O5/c1-5-25(32)9-22(30)34-12-16-17(25)7-20-23-15(11-29(20)24(16)31)14(10-28(2)3)13-6-21(33-4)18(26)8-19(13)27-23/h6-8,32H,5,9-12H2,1-4H3. The molecule has 1 unspecified atom stereocenters. The summed E-state index contributed by atoms with van der Waals surface area (Å²) in [5.41, 5.74) is 2.98. The first kappa shape index (κ1) is 22.8. The summed E-state index contributed by atoms with van der Waals surface area (Å²) in [6.45, 7) is 2.60. The lowest BCUT2D eigenvalue weighted by atomic mass is 9.85. The number of hydrogen-bond acceptors (Lipinski definition) is 7. The number of aliphatic hydroxyl groups is 1. The zero-order chi connectivity index (χ0) is 24.4. The number of cyclic esters (lactones) is 1. The average molecular weight is 484 g/mol. The van der Waals surface area contributed by atoms with Crippen molar-refractivity contribution < 1.29 is 19.4 Å². The summed E-state index contributed by atoms with van der Waals surface area (Å²) in [6.07, 6.45) is 0.0793. The molecule has 8 nitrogen and oxygen atoms in total. The van der Waals surface area contributed by atoms with Gasteiger partial charge in [-0.15, -0.1) is 0 Å². The number of carbonyl (C=O) groups excluding carboxylic acids is 1. The van der Waals surface area contributed by atoms with Crippen LogP contribution in [0.2, 0.25) is 5.02 Å². The number of ether oxygens (including phenoxy) is 2. The molecule has 1 aromatic carbocycles. The zero-order valence-corrected chi connectivity index (χ0v) is 20.3. The Kier molecular flexibility index (Phi) is 5.42. The quantitative estimate of drug-likeness (QED) is 0.445. The van der Waals surface area contributed by atoms with Gasteiger partial charge in [0, 0.05) is 17.5 Å². The Hall–Kier alpha value is -2.94. The number of aromatic nitrogens is 2. The van der Waals surface area contributed by atoms with Crippen molar-refractivity contribution in [3.8, 4) is 17.1 Å². The highest BCUT2D eigenvalue weighted by molar-refractivity contribution is 6.32. The fourth-order valence-corrected chi connectivity index (χ4v) is 5.25. The molecule has 34 heavy (non-hydrogen) atoms. The predicted molar refractivity (Wildman–Crippen MR) is 128 cm³/mol.